The fourth-order valence-corrected chi connectivity index (χ4v) is 4.08. The minimum atomic E-state index is 0.365. The second kappa shape index (κ2) is 6.80. The highest BCUT2D eigenvalue weighted by atomic mass is 16.2. The van der Waals surface area contributed by atoms with Crippen LogP contribution in [0.2, 0.25) is 0 Å². The van der Waals surface area contributed by atoms with Gasteiger partial charge in [0.2, 0.25) is 5.91 Å². The van der Waals surface area contributed by atoms with Crippen molar-refractivity contribution in [3.63, 3.8) is 0 Å². The highest BCUT2D eigenvalue weighted by Gasteiger charge is 2.25. The van der Waals surface area contributed by atoms with Crippen molar-refractivity contribution < 1.29 is 4.79 Å². The first-order valence-electron chi connectivity index (χ1n) is 9.18. The minimum absolute atomic E-state index is 0.365. The fourth-order valence-electron chi connectivity index (χ4n) is 4.08. The van der Waals surface area contributed by atoms with Crippen molar-refractivity contribution >= 4 is 22.5 Å². The van der Waals surface area contributed by atoms with E-state index in [-0.39, 0.29) is 0 Å². The van der Waals surface area contributed by atoms with Crippen LogP contribution < -0.4 is 4.90 Å². The lowest BCUT2D eigenvalue weighted by Crippen LogP contribution is -2.42. The summed E-state index contributed by atoms with van der Waals surface area (Å²) in [5.41, 5.74) is 2.36. The first kappa shape index (κ1) is 15.4. The lowest BCUT2D eigenvalue weighted by atomic mass is 9.94. The molecule has 2 aliphatic heterocycles. The molecule has 4 rings (SSSR count). The van der Waals surface area contributed by atoms with Crippen LogP contribution in [0.15, 0.2) is 36.5 Å². The molecule has 0 spiro atoms. The molecular formula is C20H25N3O. The molecule has 0 bridgehead atoms. The van der Waals surface area contributed by atoms with Crippen molar-refractivity contribution in [3.05, 3.63) is 36.5 Å². The number of rotatable bonds is 3. The molecule has 1 amide bonds. The summed E-state index contributed by atoms with van der Waals surface area (Å²) in [6, 6.07) is 10.5. The number of benzene rings is 1. The zero-order chi connectivity index (χ0) is 16.4. The molecule has 0 aliphatic carbocycles. The molecule has 0 atom stereocenters. The van der Waals surface area contributed by atoms with E-state index in [1.165, 1.54) is 30.3 Å². The average Bonchev–Trinajstić information content (AvgIpc) is 2.64. The van der Waals surface area contributed by atoms with Gasteiger partial charge in [0.1, 0.15) is 0 Å². The topological polar surface area (TPSA) is 36.4 Å². The summed E-state index contributed by atoms with van der Waals surface area (Å²) in [6.07, 6.45) is 7.25. The van der Waals surface area contributed by atoms with Crippen LogP contribution >= 0.6 is 0 Å². The Bertz CT molecular complexity index is 716. The van der Waals surface area contributed by atoms with Crippen molar-refractivity contribution in [2.75, 3.05) is 31.1 Å². The van der Waals surface area contributed by atoms with Crippen LogP contribution in [0.1, 0.15) is 32.1 Å². The van der Waals surface area contributed by atoms with Gasteiger partial charge >= 0.3 is 0 Å². The van der Waals surface area contributed by atoms with Crippen LogP contribution in [0, 0.1) is 5.92 Å². The summed E-state index contributed by atoms with van der Waals surface area (Å²) in [5.74, 6) is 1.01. The third-order valence-electron chi connectivity index (χ3n) is 5.48. The Morgan fingerprint density at radius 1 is 1.04 bits per heavy atom. The van der Waals surface area contributed by atoms with E-state index in [2.05, 4.69) is 39.0 Å². The fraction of sp³-hybridized carbons (Fsp3) is 0.500. The Morgan fingerprint density at radius 2 is 1.88 bits per heavy atom. The molecule has 126 valence electrons. The summed E-state index contributed by atoms with van der Waals surface area (Å²) < 4.78 is 0. The van der Waals surface area contributed by atoms with Gasteiger partial charge < -0.3 is 9.80 Å². The average molecular weight is 323 g/mol. The van der Waals surface area contributed by atoms with Crippen molar-refractivity contribution in [1.29, 1.82) is 0 Å². The van der Waals surface area contributed by atoms with Crippen molar-refractivity contribution in [3.8, 4) is 0 Å². The van der Waals surface area contributed by atoms with Crippen LogP contribution in [0.5, 0.6) is 0 Å². The van der Waals surface area contributed by atoms with Crippen molar-refractivity contribution in [1.82, 2.24) is 9.88 Å². The molecule has 4 heteroatoms. The van der Waals surface area contributed by atoms with Crippen LogP contribution in [-0.4, -0.2) is 42.0 Å². The van der Waals surface area contributed by atoms with Gasteiger partial charge in [-0.15, -0.1) is 0 Å². The second-order valence-corrected chi connectivity index (χ2v) is 7.07. The molecule has 0 radical (unpaired) electrons. The van der Waals surface area contributed by atoms with Gasteiger partial charge in [-0.2, -0.15) is 0 Å². The number of hydrogen-bond acceptors (Lipinski definition) is 3. The number of aromatic nitrogens is 1. The monoisotopic (exact) mass is 323 g/mol. The maximum Gasteiger partial charge on any atom is 0.222 e. The second-order valence-electron chi connectivity index (χ2n) is 7.07. The predicted molar refractivity (Wildman–Crippen MR) is 97.1 cm³/mol. The number of amides is 1. The SMILES string of the molecule is O=C1CCCCN1CC1CCN(c2ccnc3ccccc23)CC1. The van der Waals surface area contributed by atoms with Crippen LogP contribution in [0.4, 0.5) is 5.69 Å². The van der Waals surface area contributed by atoms with E-state index >= 15 is 0 Å². The molecule has 1 aromatic carbocycles. The number of para-hydroxylation sites is 1. The van der Waals surface area contributed by atoms with E-state index in [1.54, 1.807) is 0 Å². The van der Waals surface area contributed by atoms with E-state index in [4.69, 9.17) is 0 Å². The number of carbonyl (C=O) groups is 1. The first-order valence-corrected chi connectivity index (χ1v) is 9.18. The largest absolute Gasteiger partial charge is 0.371 e. The standard InChI is InChI=1S/C20H25N3O/c24-20-7-3-4-12-23(20)15-16-9-13-22(14-10-16)19-8-11-21-18-6-2-1-5-17(18)19/h1-2,5-6,8,11,16H,3-4,7,9-10,12-15H2. The van der Waals surface area contributed by atoms with Gasteiger partial charge in [-0.3, -0.25) is 9.78 Å². The number of likely N-dealkylation sites (tertiary alicyclic amines) is 1. The summed E-state index contributed by atoms with van der Waals surface area (Å²) in [4.78, 5) is 21.1. The Hall–Kier alpha value is -2.10. The molecule has 0 unspecified atom stereocenters. The minimum Gasteiger partial charge on any atom is -0.371 e. The Morgan fingerprint density at radius 3 is 2.71 bits per heavy atom. The number of piperidine rings is 2. The molecule has 2 saturated heterocycles. The predicted octanol–water partition coefficient (Wildman–Crippen LogP) is 3.46. The highest BCUT2D eigenvalue weighted by Crippen LogP contribution is 2.29. The Labute approximate surface area is 143 Å². The van der Waals surface area contributed by atoms with Crippen LogP contribution in [0.3, 0.4) is 0 Å². The van der Waals surface area contributed by atoms with Crippen molar-refractivity contribution in [2.24, 2.45) is 5.92 Å². The van der Waals surface area contributed by atoms with E-state index in [0.29, 0.717) is 11.8 Å². The Balaban J connectivity index is 1.41. The number of pyridine rings is 1. The number of nitrogens with zero attached hydrogens (tertiary/aromatic N) is 3. The van der Waals surface area contributed by atoms with Crippen LogP contribution in [0.25, 0.3) is 10.9 Å². The number of fused-ring (bicyclic) bond motifs is 1. The third kappa shape index (κ3) is 3.10. The first-order chi connectivity index (χ1) is 11.8. The maximum atomic E-state index is 12.0. The highest BCUT2D eigenvalue weighted by molar-refractivity contribution is 5.91. The zero-order valence-electron chi connectivity index (χ0n) is 14.2. The van der Waals surface area contributed by atoms with Gasteiger partial charge in [0.15, 0.2) is 0 Å². The van der Waals surface area contributed by atoms with Gasteiger partial charge in [0.05, 0.1) is 5.52 Å². The van der Waals surface area contributed by atoms with Crippen molar-refractivity contribution in [2.45, 2.75) is 32.1 Å². The molecule has 2 aliphatic rings. The molecular weight excluding hydrogens is 298 g/mol. The van der Waals surface area contributed by atoms with E-state index < -0.39 is 0 Å². The van der Waals surface area contributed by atoms with E-state index in [0.717, 1.165) is 44.5 Å². The zero-order valence-corrected chi connectivity index (χ0v) is 14.2. The van der Waals surface area contributed by atoms with Gasteiger partial charge in [-0.25, -0.2) is 0 Å². The van der Waals surface area contributed by atoms with Gasteiger partial charge in [0.25, 0.3) is 0 Å². The smallest absolute Gasteiger partial charge is 0.222 e. The number of hydrogen-bond donors (Lipinski definition) is 0. The molecule has 3 heterocycles. The molecule has 2 fully saturated rings. The van der Waals surface area contributed by atoms with Crippen LogP contribution in [-0.2, 0) is 4.79 Å². The lowest BCUT2D eigenvalue weighted by molar-refractivity contribution is -0.134. The normalized spacial score (nSPS) is 19.9. The number of anilines is 1. The summed E-state index contributed by atoms with van der Waals surface area (Å²) >= 11 is 0. The van der Waals surface area contributed by atoms with Gasteiger partial charge in [-0.05, 0) is 43.7 Å². The summed E-state index contributed by atoms with van der Waals surface area (Å²) in [7, 11) is 0. The number of carbonyl (C=O) groups excluding carboxylic acids is 1. The molecule has 0 N–H and O–H groups in total. The third-order valence-corrected chi connectivity index (χ3v) is 5.48. The van der Waals surface area contributed by atoms with Gasteiger partial charge in [-0.1, -0.05) is 18.2 Å². The van der Waals surface area contributed by atoms with Gasteiger partial charge in [0, 0.05) is 49.9 Å². The molecule has 24 heavy (non-hydrogen) atoms. The maximum absolute atomic E-state index is 12.0. The molecule has 2 aromatic rings. The summed E-state index contributed by atoms with van der Waals surface area (Å²) in [5, 5.41) is 1.24. The molecule has 0 saturated carbocycles. The molecule has 1 aromatic heterocycles. The summed E-state index contributed by atoms with van der Waals surface area (Å²) in [6.45, 7) is 4.07. The van der Waals surface area contributed by atoms with E-state index in [1.807, 2.05) is 12.3 Å². The molecule has 4 nitrogen and oxygen atoms in total. The quantitative estimate of drug-likeness (QED) is 0.868. The Kier molecular flexibility index (Phi) is 4.37. The van der Waals surface area contributed by atoms with E-state index in [9.17, 15) is 4.79 Å². The lowest BCUT2D eigenvalue weighted by Gasteiger charge is -2.37.